The minimum atomic E-state index is 1.15. The van der Waals surface area contributed by atoms with E-state index in [0.29, 0.717) is 0 Å². The van der Waals surface area contributed by atoms with Crippen LogP contribution in [0, 0.1) is 0 Å². The second-order valence-corrected chi connectivity index (χ2v) is 18.4. The van der Waals surface area contributed by atoms with E-state index in [1.165, 1.54) is 120 Å². The van der Waals surface area contributed by atoms with Crippen LogP contribution >= 0.6 is 0 Å². The molecule has 0 unspecified atom stereocenters. The van der Waals surface area contributed by atoms with Crippen LogP contribution in [0.4, 0.5) is 0 Å². The fourth-order valence-corrected chi connectivity index (χ4v) is 12.4. The minimum absolute atomic E-state index is 1.15. The van der Waals surface area contributed by atoms with E-state index >= 15 is 0 Å². The zero-order valence-electron chi connectivity index (χ0n) is 36.7. The first-order valence-electron chi connectivity index (χ1n) is 23.5. The molecule has 0 radical (unpaired) electrons. The predicted octanol–water partition coefficient (Wildman–Crippen LogP) is 17.0. The average Bonchev–Trinajstić information content (AvgIpc) is 4.13. The Labute approximate surface area is 389 Å². The molecule has 0 fully saturated rings. The maximum atomic E-state index is 2.52. The molecule has 4 nitrogen and oxygen atoms in total. The van der Waals surface area contributed by atoms with E-state index in [1.807, 2.05) is 0 Å². The highest BCUT2D eigenvalue weighted by Crippen LogP contribution is 2.49. The maximum absolute atomic E-state index is 2.52. The van der Waals surface area contributed by atoms with Gasteiger partial charge in [-0.15, -0.1) is 0 Å². The summed E-state index contributed by atoms with van der Waals surface area (Å²) in [5.41, 5.74) is 14.1. The van der Waals surface area contributed by atoms with Crippen LogP contribution in [0.1, 0.15) is 0 Å². The third-order valence-corrected chi connectivity index (χ3v) is 15.1. The first-order valence-corrected chi connectivity index (χ1v) is 23.5. The number of benzene rings is 12. The molecule has 4 aromatic heterocycles. The van der Waals surface area contributed by atoms with Crippen LogP contribution in [-0.4, -0.2) is 18.3 Å². The van der Waals surface area contributed by atoms with Crippen molar-refractivity contribution in [2.45, 2.75) is 0 Å². The van der Waals surface area contributed by atoms with Crippen molar-refractivity contribution in [1.82, 2.24) is 18.3 Å². The number of hydrogen-bond acceptors (Lipinski definition) is 0. The fraction of sp³-hybridized carbons (Fsp3) is 0. The van der Waals surface area contributed by atoms with Gasteiger partial charge in [-0.1, -0.05) is 170 Å². The van der Waals surface area contributed by atoms with E-state index in [-0.39, 0.29) is 0 Å². The zero-order valence-corrected chi connectivity index (χ0v) is 36.7. The lowest BCUT2D eigenvalue weighted by atomic mass is 9.90. The van der Waals surface area contributed by atoms with Gasteiger partial charge < -0.3 is 18.3 Å². The summed E-state index contributed by atoms with van der Waals surface area (Å²) in [5.74, 6) is 0. The van der Waals surface area contributed by atoms with Crippen molar-refractivity contribution in [3.05, 3.63) is 231 Å². The molecule has 68 heavy (non-hydrogen) atoms. The standard InChI is InChI=1S/C64H38N4/c1-9-25-51-39(17-1)40-18-2-10-26-52(40)65(51)59-37-60(66-53-27-11-3-19-41(53)42-20-4-12-28-54(42)66)48-35-36-50-62(68-57-31-15-7-23-45(57)46-24-8-16-32-58(46)68)38-61(49-34-33-47(59)63(48)64(49)50)67-55-29-13-5-21-43(55)44-22-6-14-30-56(44)67/h1-38H. The molecule has 0 bridgehead atoms. The molecule has 12 aromatic carbocycles. The van der Waals surface area contributed by atoms with Crippen molar-refractivity contribution in [2.75, 3.05) is 0 Å². The molecule has 4 heterocycles. The van der Waals surface area contributed by atoms with E-state index in [0.717, 1.165) is 22.7 Å². The largest absolute Gasteiger partial charge is 0.309 e. The Morgan fingerprint density at radius 1 is 0.162 bits per heavy atom. The first-order chi connectivity index (χ1) is 33.8. The molecule has 0 aliphatic rings. The Hall–Kier alpha value is -9.12. The smallest absolute Gasteiger partial charge is 0.0562 e. The summed E-state index contributed by atoms with van der Waals surface area (Å²) < 4.78 is 10.1. The highest BCUT2D eigenvalue weighted by Gasteiger charge is 2.26. The van der Waals surface area contributed by atoms with Crippen molar-refractivity contribution in [3.63, 3.8) is 0 Å². The Kier molecular flexibility index (Phi) is 7.04. The lowest BCUT2D eigenvalue weighted by Gasteiger charge is -2.24. The highest BCUT2D eigenvalue weighted by molar-refractivity contribution is 6.31. The van der Waals surface area contributed by atoms with Gasteiger partial charge in [-0.3, -0.25) is 0 Å². The van der Waals surface area contributed by atoms with Gasteiger partial charge in [-0.2, -0.15) is 0 Å². The summed E-state index contributed by atoms with van der Waals surface area (Å²) in [4.78, 5) is 0. The average molecular weight is 863 g/mol. The molecule has 0 atom stereocenters. The van der Waals surface area contributed by atoms with Gasteiger partial charge in [-0.05, 0) is 60.7 Å². The fourth-order valence-electron chi connectivity index (χ4n) is 12.4. The van der Waals surface area contributed by atoms with Crippen molar-refractivity contribution in [1.29, 1.82) is 0 Å². The molecule has 4 heteroatoms. The summed E-state index contributed by atoms with van der Waals surface area (Å²) in [6.07, 6.45) is 0. The van der Waals surface area contributed by atoms with Crippen molar-refractivity contribution < 1.29 is 0 Å². The lowest BCUT2D eigenvalue weighted by molar-refractivity contribution is 1.15. The molecular formula is C64H38N4. The summed E-state index contributed by atoms with van der Waals surface area (Å²) >= 11 is 0. The first kappa shape index (κ1) is 36.1. The summed E-state index contributed by atoms with van der Waals surface area (Å²) in [5, 5.41) is 17.3. The topological polar surface area (TPSA) is 19.7 Å². The molecule has 16 rings (SSSR count). The van der Waals surface area contributed by atoms with Crippen LogP contribution in [-0.2, 0) is 0 Å². The summed E-state index contributed by atoms with van der Waals surface area (Å²) in [6.45, 7) is 0. The number of hydrogen-bond donors (Lipinski definition) is 0. The normalized spacial score (nSPS) is 12.4. The molecule has 0 saturated heterocycles. The van der Waals surface area contributed by atoms with E-state index in [9.17, 15) is 0 Å². The Morgan fingerprint density at radius 3 is 0.500 bits per heavy atom. The molecule has 0 saturated carbocycles. The van der Waals surface area contributed by atoms with Crippen LogP contribution in [0.25, 0.3) is 142 Å². The van der Waals surface area contributed by atoms with Gasteiger partial charge in [0.05, 0.1) is 66.9 Å². The zero-order chi connectivity index (χ0) is 44.2. The van der Waals surface area contributed by atoms with Gasteiger partial charge in [0.15, 0.2) is 0 Å². The Balaban J connectivity index is 1.17. The number of nitrogens with zero attached hydrogens (tertiary/aromatic N) is 4. The molecule has 0 amide bonds. The van der Waals surface area contributed by atoms with Crippen molar-refractivity contribution in [2.24, 2.45) is 0 Å². The third-order valence-electron chi connectivity index (χ3n) is 15.1. The highest BCUT2D eigenvalue weighted by atomic mass is 15.0. The van der Waals surface area contributed by atoms with Crippen LogP contribution in [0.2, 0.25) is 0 Å². The van der Waals surface area contributed by atoms with E-state index in [1.54, 1.807) is 0 Å². The summed E-state index contributed by atoms with van der Waals surface area (Å²) in [6, 6.07) is 85.8. The second-order valence-electron chi connectivity index (χ2n) is 18.4. The minimum Gasteiger partial charge on any atom is -0.309 e. The molecule has 0 spiro atoms. The van der Waals surface area contributed by atoms with Gasteiger partial charge in [0.1, 0.15) is 0 Å². The van der Waals surface area contributed by atoms with Crippen LogP contribution in [0.3, 0.4) is 0 Å². The second kappa shape index (κ2) is 13.3. The van der Waals surface area contributed by atoms with Crippen LogP contribution in [0.5, 0.6) is 0 Å². The number of fused-ring (bicyclic) bond motifs is 12. The lowest BCUT2D eigenvalue weighted by Crippen LogP contribution is -2.05. The molecule has 0 N–H and O–H groups in total. The van der Waals surface area contributed by atoms with Crippen molar-refractivity contribution >= 4 is 120 Å². The third kappa shape index (κ3) is 4.58. The summed E-state index contributed by atoms with van der Waals surface area (Å²) in [7, 11) is 0. The van der Waals surface area contributed by atoms with Crippen LogP contribution in [0.15, 0.2) is 231 Å². The van der Waals surface area contributed by atoms with E-state index in [4.69, 9.17) is 0 Å². The maximum Gasteiger partial charge on any atom is 0.0562 e. The van der Waals surface area contributed by atoms with E-state index in [2.05, 4.69) is 249 Å². The van der Waals surface area contributed by atoms with Gasteiger partial charge in [0.25, 0.3) is 0 Å². The Bertz CT molecular complexity index is 3990. The molecule has 16 aromatic rings. The van der Waals surface area contributed by atoms with Gasteiger partial charge >= 0.3 is 0 Å². The van der Waals surface area contributed by atoms with Gasteiger partial charge in [-0.25, -0.2) is 0 Å². The predicted molar refractivity (Wildman–Crippen MR) is 288 cm³/mol. The van der Waals surface area contributed by atoms with Crippen LogP contribution < -0.4 is 0 Å². The SMILES string of the molecule is c1ccc2c(c1)c1ccccc1n2-c1cc(-n2c3ccccc3c3ccccc32)c2ccc3c(-n4c5ccccc5c5ccccc54)cc(-n4c5ccccc5c5ccccc54)c4ccc1c2c43. The Morgan fingerprint density at radius 2 is 0.324 bits per heavy atom. The van der Waals surface area contributed by atoms with Crippen molar-refractivity contribution in [3.8, 4) is 22.7 Å². The molecular weight excluding hydrogens is 825 g/mol. The monoisotopic (exact) mass is 862 g/mol. The van der Waals surface area contributed by atoms with Gasteiger partial charge in [0.2, 0.25) is 0 Å². The molecule has 0 aliphatic heterocycles. The quantitative estimate of drug-likeness (QED) is 0.157. The number of para-hydroxylation sites is 8. The molecule has 0 aliphatic carbocycles. The number of aromatic nitrogens is 4. The van der Waals surface area contributed by atoms with Gasteiger partial charge in [0, 0.05) is 75.4 Å². The number of rotatable bonds is 4. The van der Waals surface area contributed by atoms with E-state index < -0.39 is 0 Å². The molecule has 314 valence electrons.